The van der Waals surface area contributed by atoms with E-state index in [1.54, 1.807) is 6.08 Å². The van der Waals surface area contributed by atoms with E-state index in [-0.39, 0.29) is 11.7 Å². The van der Waals surface area contributed by atoms with Gasteiger partial charge in [-0.25, -0.2) is 0 Å². The number of benzene rings is 1. The Balaban J connectivity index is 2.40. The van der Waals surface area contributed by atoms with Crippen LogP contribution in [0, 0.1) is 0 Å². The van der Waals surface area contributed by atoms with Crippen LogP contribution >= 0.6 is 12.2 Å². The topological polar surface area (TPSA) is 78.4 Å². The lowest BCUT2D eigenvalue weighted by Crippen LogP contribution is -2.40. The first-order valence-corrected chi connectivity index (χ1v) is 5.52. The molecular weight excluding hydrogens is 252 g/mol. The number of carboxylic acids is 1. The van der Waals surface area contributed by atoms with Crippen LogP contribution < -0.4 is 10.6 Å². The molecule has 0 heterocycles. The molecule has 0 atom stereocenters. The number of hydrogen-bond acceptors (Lipinski definition) is 3. The van der Waals surface area contributed by atoms with Crippen molar-refractivity contribution in [1.29, 1.82) is 0 Å². The molecule has 94 valence electrons. The Bertz CT molecular complexity index is 471. The number of thiocarbonyl (C=S) groups is 1. The summed E-state index contributed by atoms with van der Waals surface area (Å²) >= 11 is 4.74. The first-order chi connectivity index (χ1) is 8.58. The maximum Gasteiger partial charge on any atom is 0.322 e. The number of aliphatic carboxylic acids is 1. The van der Waals surface area contributed by atoms with Gasteiger partial charge in [-0.2, -0.15) is 0 Å². The van der Waals surface area contributed by atoms with E-state index in [1.807, 2.05) is 30.3 Å². The van der Waals surface area contributed by atoms with Gasteiger partial charge >= 0.3 is 5.97 Å². The molecule has 0 aliphatic heterocycles. The van der Waals surface area contributed by atoms with Gasteiger partial charge in [-0.05, 0) is 23.9 Å². The fourth-order valence-electron chi connectivity index (χ4n) is 1.09. The number of carboxylic acid groups (broad SMARTS) is 1. The van der Waals surface area contributed by atoms with Crippen LogP contribution in [0.5, 0.6) is 0 Å². The Morgan fingerprint density at radius 3 is 2.56 bits per heavy atom. The number of amides is 1. The largest absolute Gasteiger partial charge is 0.480 e. The molecule has 1 aromatic rings. The minimum atomic E-state index is -1.05. The molecule has 1 aromatic carbocycles. The summed E-state index contributed by atoms with van der Waals surface area (Å²) in [6.45, 7) is -0.332. The van der Waals surface area contributed by atoms with E-state index in [0.29, 0.717) is 0 Å². The van der Waals surface area contributed by atoms with Crippen molar-refractivity contribution in [3.63, 3.8) is 0 Å². The van der Waals surface area contributed by atoms with E-state index in [2.05, 4.69) is 10.6 Å². The highest BCUT2D eigenvalue weighted by Crippen LogP contribution is 2.00. The number of rotatable bonds is 4. The fourth-order valence-corrected chi connectivity index (χ4v) is 1.26. The van der Waals surface area contributed by atoms with Crippen molar-refractivity contribution in [3.8, 4) is 0 Å². The molecule has 0 spiro atoms. The smallest absolute Gasteiger partial charge is 0.322 e. The van der Waals surface area contributed by atoms with Crippen molar-refractivity contribution >= 4 is 35.3 Å². The number of hydrogen-bond donors (Lipinski definition) is 3. The summed E-state index contributed by atoms with van der Waals surface area (Å²) < 4.78 is 0. The first kappa shape index (κ1) is 13.9. The molecule has 0 aliphatic rings. The molecule has 5 nitrogen and oxygen atoms in total. The number of carbonyl (C=O) groups excluding carboxylic acids is 1. The maximum absolute atomic E-state index is 11.4. The molecule has 0 aliphatic carbocycles. The van der Waals surface area contributed by atoms with Crippen LogP contribution in [-0.4, -0.2) is 28.6 Å². The second-order valence-electron chi connectivity index (χ2n) is 3.31. The molecular formula is C12H12N2O3S. The molecule has 0 fully saturated rings. The molecule has 0 saturated carbocycles. The van der Waals surface area contributed by atoms with Crippen LogP contribution in [0.1, 0.15) is 5.56 Å². The van der Waals surface area contributed by atoms with Crippen molar-refractivity contribution in [2.45, 2.75) is 0 Å². The zero-order valence-corrected chi connectivity index (χ0v) is 10.2. The van der Waals surface area contributed by atoms with Gasteiger partial charge in [0.25, 0.3) is 0 Å². The molecule has 0 bridgehead atoms. The van der Waals surface area contributed by atoms with Gasteiger partial charge in [-0.3, -0.25) is 14.9 Å². The lowest BCUT2D eigenvalue weighted by Gasteiger charge is -2.04. The summed E-state index contributed by atoms with van der Waals surface area (Å²) in [4.78, 5) is 21.7. The molecule has 3 N–H and O–H groups in total. The van der Waals surface area contributed by atoms with Gasteiger partial charge < -0.3 is 10.4 Å². The first-order valence-electron chi connectivity index (χ1n) is 5.11. The predicted octanol–water partition coefficient (Wildman–Crippen LogP) is 0.775. The van der Waals surface area contributed by atoms with Crippen molar-refractivity contribution in [1.82, 2.24) is 10.6 Å². The molecule has 18 heavy (non-hydrogen) atoms. The Hall–Kier alpha value is -2.21. The number of carbonyl (C=O) groups is 2. The summed E-state index contributed by atoms with van der Waals surface area (Å²) in [6, 6.07) is 9.30. The number of nitrogens with one attached hydrogen (secondary N) is 2. The van der Waals surface area contributed by atoms with Crippen LogP contribution in [0.4, 0.5) is 0 Å². The van der Waals surface area contributed by atoms with E-state index in [0.717, 1.165) is 5.56 Å². The lowest BCUT2D eigenvalue weighted by atomic mass is 10.2. The quantitative estimate of drug-likeness (QED) is 0.553. The Kier molecular flexibility index (Phi) is 5.53. The van der Waals surface area contributed by atoms with Crippen molar-refractivity contribution < 1.29 is 14.7 Å². The zero-order valence-electron chi connectivity index (χ0n) is 9.42. The summed E-state index contributed by atoms with van der Waals surface area (Å²) in [5.41, 5.74) is 0.886. The highest BCUT2D eigenvalue weighted by molar-refractivity contribution is 7.80. The van der Waals surface area contributed by atoms with Gasteiger partial charge in [-0.15, -0.1) is 0 Å². The van der Waals surface area contributed by atoms with Crippen molar-refractivity contribution in [2.75, 3.05) is 6.54 Å². The average molecular weight is 264 g/mol. The molecule has 0 saturated heterocycles. The monoisotopic (exact) mass is 264 g/mol. The summed E-state index contributed by atoms with van der Waals surface area (Å²) in [5.74, 6) is -1.46. The highest BCUT2D eigenvalue weighted by atomic mass is 32.1. The van der Waals surface area contributed by atoms with Gasteiger partial charge in [0.05, 0.1) is 0 Å². The molecule has 0 aromatic heterocycles. The molecule has 0 unspecified atom stereocenters. The second kappa shape index (κ2) is 7.18. The predicted molar refractivity (Wildman–Crippen MR) is 71.9 cm³/mol. The van der Waals surface area contributed by atoms with Crippen molar-refractivity contribution in [2.24, 2.45) is 0 Å². The maximum atomic E-state index is 11.4. The Morgan fingerprint density at radius 2 is 1.94 bits per heavy atom. The standard InChI is InChI=1S/C12H12N2O3S/c15-10(14-12(18)13-8-11(16)17)7-6-9-4-2-1-3-5-9/h1-7H,8H2,(H,16,17)(H2,13,14,15,18)/b7-6+. The normalized spacial score (nSPS) is 10.0. The Labute approximate surface area is 110 Å². The van der Waals surface area contributed by atoms with Crippen molar-refractivity contribution in [3.05, 3.63) is 42.0 Å². The van der Waals surface area contributed by atoms with Gasteiger partial charge in [0.1, 0.15) is 6.54 Å². The van der Waals surface area contributed by atoms with Gasteiger partial charge in [0, 0.05) is 6.08 Å². The second-order valence-corrected chi connectivity index (χ2v) is 3.72. The lowest BCUT2D eigenvalue weighted by molar-refractivity contribution is -0.135. The minimum absolute atomic E-state index is 0.0138. The van der Waals surface area contributed by atoms with Crippen LogP contribution in [-0.2, 0) is 9.59 Å². The van der Waals surface area contributed by atoms with Gasteiger partial charge in [-0.1, -0.05) is 30.3 Å². The average Bonchev–Trinajstić information content (AvgIpc) is 2.35. The van der Waals surface area contributed by atoms with E-state index in [4.69, 9.17) is 17.3 Å². The van der Waals surface area contributed by atoms with E-state index in [9.17, 15) is 9.59 Å². The molecule has 1 rings (SSSR count). The van der Waals surface area contributed by atoms with Gasteiger partial charge in [0.15, 0.2) is 5.11 Å². The third-order valence-electron chi connectivity index (χ3n) is 1.86. The fraction of sp³-hybridized carbons (Fsp3) is 0.0833. The van der Waals surface area contributed by atoms with Crippen LogP contribution in [0.2, 0.25) is 0 Å². The summed E-state index contributed by atoms with van der Waals surface area (Å²) in [5, 5.41) is 13.1. The highest BCUT2D eigenvalue weighted by Gasteiger charge is 2.02. The Morgan fingerprint density at radius 1 is 1.28 bits per heavy atom. The molecule has 0 radical (unpaired) electrons. The third kappa shape index (κ3) is 5.76. The minimum Gasteiger partial charge on any atom is -0.480 e. The molecule has 6 heteroatoms. The molecule has 1 amide bonds. The van der Waals surface area contributed by atoms with Gasteiger partial charge in [0.2, 0.25) is 5.91 Å². The third-order valence-corrected chi connectivity index (χ3v) is 2.11. The summed E-state index contributed by atoms with van der Waals surface area (Å²) in [7, 11) is 0. The van der Waals surface area contributed by atoms with Crippen LogP contribution in [0.15, 0.2) is 36.4 Å². The SMILES string of the molecule is O=C(O)CNC(=S)NC(=O)/C=C/c1ccccc1. The van der Waals surface area contributed by atoms with E-state index >= 15 is 0 Å². The van der Waals surface area contributed by atoms with Crippen LogP contribution in [0.25, 0.3) is 6.08 Å². The van der Waals surface area contributed by atoms with E-state index < -0.39 is 11.9 Å². The van der Waals surface area contributed by atoms with E-state index in [1.165, 1.54) is 6.08 Å². The summed E-state index contributed by atoms with van der Waals surface area (Å²) in [6.07, 6.45) is 2.96. The zero-order chi connectivity index (χ0) is 13.4. The van der Waals surface area contributed by atoms with Crippen LogP contribution in [0.3, 0.4) is 0 Å².